The number of benzene rings is 1. The van der Waals surface area contributed by atoms with Gasteiger partial charge in [0.1, 0.15) is 0 Å². The van der Waals surface area contributed by atoms with Gasteiger partial charge in [-0.25, -0.2) is 0 Å². The maximum atomic E-state index is 12.6. The van der Waals surface area contributed by atoms with E-state index in [1.807, 2.05) is 0 Å². The Hall–Kier alpha value is -1.03. The van der Waals surface area contributed by atoms with Crippen LogP contribution in [0.1, 0.15) is 51.2 Å². The van der Waals surface area contributed by atoms with Crippen LogP contribution in [-0.2, 0) is 6.18 Å². The van der Waals surface area contributed by atoms with Gasteiger partial charge in [-0.3, -0.25) is 4.90 Å². The van der Waals surface area contributed by atoms with E-state index in [-0.39, 0.29) is 5.54 Å². The van der Waals surface area contributed by atoms with Crippen molar-refractivity contribution in [2.75, 3.05) is 6.54 Å². The molecular weight excluding hydrogens is 263 g/mol. The molecule has 20 heavy (non-hydrogen) atoms. The zero-order chi connectivity index (χ0) is 15.1. The third-order valence-electron chi connectivity index (χ3n) is 4.15. The third-order valence-corrected chi connectivity index (χ3v) is 4.15. The van der Waals surface area contributed by atoms with Crippen LogP contribution in [0.25, 0.3) is 0 Å². The third kappa shape index (κ3) is 3.17. The summed E-state index contributed by atoms with van der Waals surface area (Å²) in [5.74, 6) is 0.325. The SMILES string of the molecule is C[C@@H]1CC(c2ccc(C(F)(F)F)cc2)CN1C(C)(C)C. The highest BCUT2D eigenvalue weighted by Crippen LogP contribution is 2.37. The van der Waals surface area contributed by atoms with Crippen LogP contribution < -0.4 is 0 Å². The normalized spacial score (nSPS) is 25.1. The van der Waals surface area contributed by atoms with E-state index in [1.165, 1.54) is 12.1 Å². The molecule has 1 saturated heterocycles. The van der Waals surface area contributed by atoms with E-state index in [1.54, 1.807) is 12.1 Å². The van der Waals surface area contributed by atoms with E-state index in [2.05, 4.69) is 32.6 Å². The summed E-state index contributed by atoms with van der Waals surface area (Å²) in [6, 6.07) is 6.11. The zero-order valence-electron chi connectivity index (χ0n) is 12.5. The molecule has 1 aromatic carbocycles. The summed E-state index contributed by atoms with van der Waals surface area (Å²) < 4.78 is 37.7. The number of likely N-dealkylation sites (tertiary alicyclic amines) is 1. The molecule has 0 bridgehead atoms. The van der Waals surface area contributed by atoms with Crippen molar-refractivity contribution in [2.45, 2.75) is 57.8 Å². The van der Waals surface area contributed by atoms with Crippen molar-refractivity contribution in [2.24, 2.45) is 0 Å². The smallest absolute Gasteiger partial charge is 0.295 e. The van der Waals surface area contributed by atoms with Gasteiger partial charge in [0.2, 0.25) is 0 Å². The van der Waals surface area contributed by atoms with E-state index >= 15 is 0 Å². The summed E-state index contributed by atoms with van der Waals surface area (Å²) in [7, 11) is 0. The van der Waals surface area contributed by atoms with E-state index in [0.29, 0.717) is 12.0 Å². The molecule has 0 radical (unpaired) electrons. The lowest BCUT2D eigenvalue weighted by atomic mass is 9.96. The Kier molecular flexibility index (Phi) is 3.89. The summed E-state index contributed by atoms with van der Waals surface area (Å²) in [5.41, 5.74) is 0.539. The van der Waals surface area contributed by atoms with Crippen molar-refractivity contribution in [3.05, 3.63) is 35.4 Å². The number of hydrogen-bond acceptors (Lipinski definition) is 1. The highest BCUT2D eigenvalue weighted by molar-refractivity contribution is 5.28. The second-order valence-corrected chi connectivity index (χ2v) is 6.72. The van der Waals surface area contributed by atoms with E-state index in [0.717, 1.165) is 18.5 Å². The van der Waals surface area contributed by atoms with Gasteiger partial charge >= 0.3 is 6.18 Å². The number of nitrogens with zero attached hydrogens (tertiary/aromatic N) is 1. The average Bonchev–Trinajstić information content (AvgIpc) is 2.70. The Balaban J connectivity index is 2.14. The molecule has 1 aliphatic heterocycles. The van der Waals surface area contributed by atoms with Crippen LogP contribution in [-0.4, -0.2) is 23.0 Å². The van der Waals surface area contributed by atoms with Gasteiger partial charge in [0.15, 0.2) is 0 Å². The monoisotopic (exact) mass is 285 g/mol. The van der Waals surface area contributed by atoms with Gasteiger partial charge in [-0.1, -0.05) is 12.1 Å². The maximum Gasteiger partial charge on any atom is 0.416 e. The van der Waals surface area contributed by atoms with Crippen molar-refractivity contribution in [3.63, 3.8) is 0 Å². The lowest BCUT2D eigenvalue weighted by molar-refractivity contribution is -0.137. The first-order chi connectivity index (χ1) is 9.09. The van der Waals surface area contributed by atoms with Crippen molar-refractivity contribution < 1.29 is 13.2 Å². The molecule has 0 amide bonds. The Bertz CT molecular complexity index is 456. The highest BCUT2D eigenvalue weighted by Gasteiger charge is 2.36. The van der Waals surface area contributed by atoms with Crippen LogP contribution >= 0.6 is 0 Å². The van der Waals surface area contributed by atoms with Crippen molar-refractivity contribution in [1.29, 1.82) is 0 Å². The van der Waals surface area contributed by atoms with Gasteiger partial charge in [-0.2, -0.15) is 13.2 Å². The van der Waals surface area contributed by atoms with Crippen LogP contribution in [0.2, 0.25) is 0 Å². The number of halogens is 3. The van der Waals surface area contributed by atoms with Gasteiger partial charge in [-0.15, -0.1) is 0 Å². The molecule has 0 saturated carbocycles. The Morgan fingerprint density at radius 1 is 1.05 bits per heavy atom. The van der Waals surface area contributed by atoms with E-state index in [9.17, 15) is 13.2 Å². The lowest BCUT2D eigenvalue weighted by Gasteiger charge is -2.35. The molecular formula is C16H22F3N. The van der Waals surface area contributed by atoms with Crippen LogP contribution in [0.5, 0.6) is 0 Å². The van der Waals surface area contributed by atoms with E-state index in [4.69, 9.17) is 0 Å². The number of hydrogen-bond donors (Lipinski definition) is 0. The molecule has 4 heteroatoms. The lowest BCUT2D eigenvalue weighted by Crippen LogP contribution is -2.43. The minimum Gasteiger partial charge on any atom is -0.295 e. The average molecular weight is 285 g/mol. The van der Waals surface area contributed by atoms with Crippen molar-refractivity contribution >= 4 is 0 Å². The fraction of sp³-hybridized carbons (Fsp3) is 0.625. The van der Waals surface area contributed by atoms with Crippen LogP contribution in [0, 0.1) is 0 Å². The highest BCUT2D eigenvalue weighted by atomic mass is 19.4. The molecule has 0 N–H and O–H groups in total. The zero-order valence-corrected chi connectivity index (χ0v) is 12.5. The molecule has 112 valence electrons. The Labute approximate surface area is 118 Å². The standard InChI is InChI=1S/C16H22F3N/c1-11-9-13(10-20(11)15(2,3)4)12-5-7-14(8-6-12)16(17,18)19/h5-8,11,13H,9-10H2,1-4H3/t11-,13?/m1/s1. The molecule has 1 aromatic rings. The predicted molar refractivity (Wildman–Crippen MR) is 74.7 cm³/mol. The predicted octanol–water partition coefficient (Wildman–Crippen LogP) is 4.68. The first kappa shape index (κ1) is 15.4. The quantitative estimate of drug-likeness (QED) is 0.724. The summed E-state index contributed by atoms with van der Waals surface area (Å²) in [6.45, 7) is 9.64. The second-order valence-electron chi connectivity index (χ2n) is 6.72. The summed E-state index contributed by atoms with van der Waals surface area (Å²) in [4.78, 5) is 2.43. The van der Waals surface area contributed by atoms with Crippen LogP contribution in [0.4, 0.5) is 13.2 Å². The molecule has 2 atom stereocenters. The first-order valence-corrected chi connectivity index (χ1v) is 7.03. The second kappa shape index (κ2) is 5.06. The molecule has 1 nitrogen and oxygen atoms in total. The molecule has 1 heterocycles. The molecule has 0 aromatic heterocycles. The fourth-order valence-corrected chi connectivity index (χ4v) is 3.15. The summed E-state index contributed by atoms with van der Waals surface area (Å²) in [5, 5.41) is 0. The first-order valence-electron chi connectivity index (χ1n) is 7.03. The van der Waals surface area contributed by atoms with Crippen LogP contribution in [0.15, 0.2) is 24.3 Å². The van der Waals surface area contributed by atoms with Crippen molar-refractivity contribution in [3.8, 4) is 0 Å². The molecule has 1 unspecified atom stereocenters. The topological polar surface area (TPSA) is 3.24 Å². The Morgan fingerprint density at radius 3 is 2.00 bits per heavy atom. The molecule has 1 fully saturated rings. The minimum atomic E-state index is -4.25. The largest absolute Gasteiger partial charge is 0.416 e. The molecule has 1 aliphatic rings. The number of alkyl halides is 3. The molecule has 0 aliphatic carbocycles. The van der Waals surface area contributed by atoms with Crippen LogP contribution in [0.3, 0.4) is 0 Å². The maximum absolute atomic E-state index is 12.6. The summed E-state index contributed by atoms with van der Waals surface area (Å²) >= 11 is 0. The number of rotatable bonds is 1. The van der Waals surface area contributed by atoms with Gasteiger partial charge in [-0.05, 0) is 57.7 Å². The summed E-state index contributed by atoms with van der Waals surface area (Å²) in [6.07, 6.45) is -3.25. The van der Waals surface area contributed by atoms with Gasteiger partial charge in [0.05, 0.1) is 5.56 Å². The molecule has 0 spiro atoms. The minimum absolute atomic E-state index is 0.0973. The Morgan fingerprint density at radius 2 is 1.60 bits per heavy atom. The molecule has 2 rings (SSSR count). The van der Waals surface area contributed by atoms with Gasteiger partial charge in [0, 0.05) is 18.1 Å². The fourth-order valence-electron chi connectivity index (χ4n) is 3.15. The van der Waals surface area contributed by atoms with Gasteiger partial charge < -0.3 is 0 Å². The van der Waals surface area contributed by atoms with Gasteiger partial charge in [0.25, 0.3) is 0 Å². The van der Waals surface area contributed by atoms with Crippen molar-refractivity contribution in [1.82, 2.24) is 4.90 Å². The van der Waals surface area contributed by atoms with E-state index < -0.39 is 11.7 Å².